The molecule has 0 amide bonds. The third-order valence-corrected chi connectivity index (χ3v) is 3.70. The number of hydrogen-bond acceptors (Lipinski definition) is 2. The van der Waals surface area contributed by atoms with Crippen molar-refractivity contribution in [2.75, 3.05) is 6.54 Å². The summed E-state index contributed by atoms with van der Waals surface area (Å²) in [7, 11) is 0. The van der Waals surface area contributed by atoms with E-state index in [2.05, 4.69) is 32.6 Å². The van der Waals surface area contributed by atoms with E-state index in [0.717, 1.165) is 5.92 Å². The highest BCUT2D eigenvalue weighted by atomic mass is 15.2. The van der Waals surface area contributed by atoms with E-state index in [-0.39, 0.29) is 0 Å². The zero-order chi connectivity index (χ0) is 11.4. The molecule has 0 spiro atoms. The molecular weight excluding hydrogens is 184 g/mol. The highest BCUT2D eigenvalue weighted by Gasteiger charge is 2.31. The van der Waals surface area contributed by atoms with Gasteiger partial charge in [-0.1, -0.05) is 13.8 Å². The van der Waals surface area contributed by atoms with Crippen molar-refractivity contribution in [3.8, 4) is 0 Å². The van der Waals surface area contributed by atoms with E-state index < -0.39 is 0 Å². The summed E-state index contributed by atoms with van der Waals surface area (Å²) in [5.74, 6) is 0.855. The van der Waals surface area contributed by atoms with Gasteiger partial charge in [-0.25, -0.2) is 0 Å². The summed E-state index contributed by atoms with van der Waals surface area (Å²) in [4.78, 5) is 2.61. The molecular formula is C13H28N2. The van der Waals surface area contributed by atoms with E-state index in [0.29, 0.717) is 18.1 Å². The fourth-order valence-corrected chi connectivity index (χ4v) is 2.82. The van der Waals surface area contributed by atoms with Crippen molar-refractivity contribution in [2.45, 2.75) is 71.5 Å². The molecule has 1 aliphatic carbocycles. The number of rotatable bonds is 4. The van der Waals surface area contributed by atoms with Gasteiger partial charge in [0.1, 0.15) is 0 Å². The molecule has 90 valence electrons. The van der Waals surface area contributed by atoms with E-state index in [4.69, 9.17) is 5.73 Å². The van der Waals surface area contributed by atoms with Gasteiger partial charge in [0.15, 0.2) is 0 Å². The quantitative estimate of drug-likeness (QED) is 0.776. The van der Waals surface area contributed by atoms with Crippen LogP contribution in [0.4, 0.5) is 0 Å². The minimum absolute atomic E-state index is 0.398. The molecule has 3 unspecified atom stereocenters. The predicted molar refractivity (Wildman–Crippen MR) is 66.9 cm³/mol. The Balaban J connectivity index is 2.62. The van der Waals surface area contributed by atoms with Crippen molar-refractivity contribution in [3.05, 3.63) is 0 Å². The summed E-state index contributed by atoms with van der Waals surface area (Å²) in [6.07, 6.45) is 5.05. The average molecular weight is 212 g/mol. The Hall–Kier alpha value is -0.0800. The third kappa shape index (κ3) is 3.46. The predicted octanol–water partition coefficient (Wildman–Crippen LogP) is 2.62. The largest absolute Gasteiger partial charge is 0.326 e. The van der Waals surface area contributed by atoms with Crippen LogP contribution < -0.4 is 5.73 Å². The minimum Gasteiger partial charge on any atom is -0.326 e. The van der Waals surface area contributed by atoms with Gasteiger partial charge in [-0.2, -0.15) is 0 Å². The van der Waals surface area contributed by atoms with Crippen LogP contribution in [0.15, 0.2) is 0 Å². The molecule has 1 rings (SSSR count). The highest BCUT2D eigenvalue weighted by molar-refractivity contribution is 4.89. The second-order valence-corrected chi connectivity index (χ2v) is 5.48. The van der Waals surface area contributed by atoms with E-state index in [9.17, 15) is 0 Å². The van der Waals surface area contributed by atoms with Crippen LogP contribution in [-0.2, 0) is 0 Å². The van der Waals surface area contributed by atoms with Crippen LogP contribution in [0.5, 0.6) is 0 Å². The van der Waals surface area contributed by atoms with Gasteiger partial charge in [-0.3, -0.25) is 4.90 Å². The Morgan fingerprint density at radius 3 is 2.53 bits per heavy atom. The smallest absolute Gasteiger partial charge is 0.0252 e. The molecule has 2 N–H and O–H groups in total. The first kappa shape index (κ1) is 13.0. The summed E-state index contributed by atoms with van der Waals surface area (Å²) in [5.41, 5.74) is 6.27. The van der Waals surface area contributed by atoms with Gasteiger partial charge >= 0.3 is 0 Å². The van der Waals surface area contributed by atoms with Gasteiger partial charge in [-0.15, -0.1) is 0 Å². The van der Waals surface area contributed by atoms with E-state index in [1.807, 2.05) is 0 Å². The van der Waals surface area contributed by atoms with Crippen molar-refractivity contribution in [1.82, 2.24) is 4.90 Å². The molecule has 0 aromatic carbocycles. The molecule has 1 aliphatic rings. The lowest BCUT2D eigenvalue weighted by Gasteiger charge is -2.42. The van der Waals surface area contributed by atoms with Gasteiger partial charge in [0.2, 0.25) is 0 Å². The molecule has 2 heteroatoms. The number of nitrogens with zero attached hydrogens (tertiary/aromatic N) is 1. The van der Waals surface area contributed by atoms with Crippen LogP contribution in [0.1, 0.15) is 53.4 Å². The zero-order valence-corrected chi connectivity index (χ0v) is 10.9. The molecule has 0 radical (unpaired) electrons. The lowest BCUT2D eigenvalue weighted by atomic mass is 9.82. The first-order valence-electron chi connectivity index (χ1n) is 6.57. The van der Waals surface area contributed by atoms with Gasteiger partial charge in [0.25, 0.3) is 0 Å². The SMILES string of the molecule is CCCN(C(C)C)C1CC(C)CCC1N. The Bertz CT molecular complexity index is 179. The number of nitrogens with two attached hydrogens (primary N) is 1. The zero-order valence-electron chi connectivity index (χ0n) is 10.9. The first-order chi connectivity index (χ1) is 7.06. The summed E-state index contributed by atoms with van der Waals surface area (Å²) in [6.45, 7) is 10.4. The van der Waals surface area contributed by atoms with Crippen molar-refractivity contribution < 1.29 is 0 Å². The van der Waals surface area contributed by atoms with Crippen LogP contribution in [0.2, 0.25) is 0 Å². The molecule has 3 atom stereocenters. The van der Waals surface area contributed by atoms with E-state index in [1.165, 1.54) is 32.2 Å². The fourth-order valence-electron chi connectivity index (χ4n) is 2.82. The summed E-state index contributed by atoms with van der Waals surface area (Å²) in [6, 6.07) is 1.65. The second-order valence-electron chi connectivity index (χ2n) is 5.48. The molecule has 0 bridgehead atoms. The van der Waals surface area contributed by atoms with Crippen molar-refractivity contribution >= 4 is 0 Å². The molecule has 0 aliphatic heterocycles. The Labute approximate surface area is 95.2 Å². The molecule has 1 saturated carbocycles. The Morgan fingerprint density at radius 2 is 2.00 bits per heavy atom. The molecule has 0 aromatic rings. The number of hydrogen-bond donors (Lipinski definition) is 1. The van der Waals surface area contributed by atoms with Crippen LogP contribution in [0.3, 0.4) is 0 Å². The van der Waals surface area contributed by atoms with Gasteiger partial charge < -0.3 is 5.73 Å². The standard InChI is InChI=1S/C13H28N2/c1-5-8-15(10(2)3)13-9-11(4)6-7-12(13)14/h10-13H,5-9,14H2,1-4H3. The molecule has 1 fully saturated rings. The van der Waals surface area contributed by atoms with Gasteiger partial charge in [0.05, 0.1) is 0 Å². The molecule has 15 heavy (non-hydrogen) atoms. The summed E-state index contributed by atoms with van der Waals surface area (Å²) < 4.78 is 0. The second kappa shape index (κ2) is 5.86. The van der Waals surface area contributed by atoms with Crippen LogP contribution in [0.25, 0.3) is 0 Å². The first-order valence-corrected chi connectivity index (χ1v) is 6.57. The lowest BCUT2D eigenvalue weighted by molar-refractivity contribution is 0.0874. The topological polar surface area (TPSA) is 29.3 Å². The normalized spacial score (nSPS) is 32.6. The minimum atomic E-state index is 0.398. The van der Waals surface area contributed by atoms with Crippen LogP contribution >= 0.6 is 0 Å². The van der Waals surface area contributed by atoms with E-state index in [1.54, 1.807) is 0 Å². The lowest BCUT2D eigenvalue weighted by Crippen LogP contribution is -2.53. The van der Waals surface area contributed by atoms with Gasteiger partial charge in [-0.05, 0) is 52.0 Å². The summed E-state index contributed by atoms with van der Waals surface area (Å²) >= 11 is 0. The molecule has 0 aromatic heterocycles. The maximum absolute atomic E-state index is 6.27. The average Bonchev–Trinajstić information content (AvgIpc) is 2.18. The molecule has 2 nitrogen and oxygen atoms in total. The van der Waals surface area contributed by atoms with Crippen LogP contribution in [0, 0.1) is 5.92 Å². The van der Waals surface area contributed by atoms with Gasteiger partial charge in [0, 0.05) is 18.1 Å². The fraction of sp³-hybridized carbons (Fsp3) is 1.00. The highest BCUT2D eigenvalue weighted by Crippen LogP contribution is 2.27. The Kier molecular flexibility index (Phi) is 5.07. The van der Waals surface area contributed by atoms with Crippen molar-refractivity contribution in [2.24, 2.45) is 11.7 Å². The monoisotopic (exact) mass is 212 g/mol. The maximum atomic E-state index is 6.27. The summed E-state index contributed by atoms with van der Waals surface area (Å²) in [5, 5.41) is 0. The van der Waals surface area contributed by atoms with Crippen LogP contribution in [-0.4, -0.2) is 29.6 Å². The molecule has 0 saturated heterocycles. The van der Waals surface area contributed by atoms with E-state index >= 15 is 0 Å². The Morgan fingerprint density at radius 1 is 1.33 bits per heavy atom. The van der Waals surface area contributed by atoms with Crippen molar-refractivity contribution in [3.63, 3.8) is 0 Å². The van der Waals surface area contributed by atoms with Crippen molar-refractivity contribution in [1.29, 1.82) is 0 Å². The molecule has 0 heterocycles. The third-order valence-electron chi connectivity index (χ3n) is 3.70. The maximum Gasteiger partial charge on any atom is 0.0252 e.